The summed E-state index contributed by atoms with van der Waals surface area (Å²) in [5.41, 5.74) is 2.36. The van der Waals surface area contributed by atoms with Gasteiger partial charge < -0.3 is 10.1 Å². The van der Waals surface area contributed by atoms with Gasteiger partial charge in [0, 0.05) is 0 Å². The molecule has 2 aromatic carbocycles. The summed E-state index contributed by atoms with van der Waals surface area (Å²) in [4.78, 5) is 12.8. The Balaban J connectivity index is 2.10. The third-order valence-electron chi connectivity index (χ3n) is 4.49. The van der Waals surface area contributed by atoms with E-state index >= 15 is 0 Å². The van der Waals surface area contributed by atoms with E-state index in [1.54, 1.807) is 6.92 Å². The number of hydrogen-bond donors (Lipinski definition) is 1. The molecule has 1 unspecified atom stereocenters. The fourth-order valence-electron chi connectivity index (χ4n) is 3.00. The van der Waals surface area contributed by atoms with Crippen LogP contribution in [0.4, 0.5) is 5.69 Å². The molecule has 1 amide bonds. The number of amides is 1. The summed E-state index contributed by atoms with van der Waals surface area (Å²) in [6, 6.07) is 9.43. The summed E-state index contributed by atoms with van der Waals surface area (Å²) in [5.74, 6) is 0.337. The lowest BCUT2D eigenvalue weighted by Gasteiger charge is -2.30. The molecule has 0 heterocycles. The lowest BCUT2D eigenvalue weighted by Crippen LogP contribution is -2.50. The number of rotatable bonds is 9. The Morgan fingerprint density at radius 3 is 2.43 bits per heavy atom. The lowest BCUT2D eigenvalue weighted by molar-refractivity contribution is -0.122. The zero-order valence-corrected chi connectivity index (χ0v) is 19.7. The van der Waals surface area contributed by atoms with Gasteiger partial charge in [-0.1, -0.05) is 42.3 Å². The number of nitrogens with zero attached hydrogens (tertiary/aromatic N) is 1. The molecule has 0 aromatic heterocycles. The number of nitrogens with one attached hydrogen (secondary N) is 1. The average molecular weight is 473 g/mol. The van der Waals surface area contributed by atoms with Crippen molar-refractivity contribution in [2.45, 2.75) is 33.2 Å². The molecule has 2 aromatic rings. The number of halogens is 2. The Morgan fingerprint density at radius 2 is 1.83 bits per heavy atom. The van der Waals surface area contributed by atoms with E-state index in [0.717, 1.165) is 27.4 Å². The number of ether oxygens (including phenoxy) is 1. The molecule has 1 atom stereocenters. The Labute approximate surface area is 188 Å². The summed E-state index contributed by atoms with van der Waals surface area (Å²) in [6.45, 7) is 6.16. The highest BCUT2D eigenvalue weighted by molar-refractivity contribution is 7.92. The van der Waals surface area contributed by atoms with Gasteiger partial charge in [0.15, 0.2) is 0 Å². The van der Waals surface area contributed by atoms with E-state index in [2.05, 4.69) is 5.32 Å². The van der Waals surface area contributed by atoms with Crippen molar-refractivity contribution < 1.29 is 17.9 Å². The van der Waals surface area contributed by atoms with Gasteiger partial charge in [-0.15, -0.1) is 0 Å². The first-order valence-corrected chi connectivity index (χ1v) is 12.1. The topological polar surface area (TPSA) is 75.7 Å². The number of aryl methyl sites for hydroxylation is 2. The SMILES string of the molecule is CCC(C(=O)NCCOc1cc(C)ccc1C)N(c1ccc(Cl)c(Cl)c1)S(C)(=O)=O. The maximum absolute atomic E-state index is 12.8. The zero-order valence-electron chi connectivity index (χ0n) is 17.4. The van der Waals surface area contributed by atoms with Crippen LogP contribution in [-0.4, -0.2) is 39.8 Å². The predicted octanol–water partition coefficient (Wildman–Crippen LogP) is 4.35. The first-order valence-electron chi connectivity index (χ1n) is 9.46. The maximum Gasteiger partial charge on any atom is 0.244 e. The third kappa shape index (κ3) is 6.27. The molecule has 9 heteroatoms. The summed E-state index contributed by atoms with van der Waals surface area (Å²) >= 11 is 12.0. The number of benzene rings is 2. The second kappa shape index (κ2) is 10.4. The number of sulfonamides is 1. The molecule has 0 saturated heterocycles. The second-order valence-electron chi connectivity index (χ2n) is 6.99. The van der Waals surface area contributed by atoms with Gasteiger partial charge in [-0.25, -0.2) is 8.42 Å². The fraction of sp³-hybridized carbons (Fsp3) is 0.381. The van der Waals surface area contributed by atoms with Crippen LogP contribution in [0.2, 0.25) is 10.0 Å². The highest BCUT2D eigenvalue weighted by Gasteiger charge is 2.31. The number of carbonyl (C=O) groups is 1. The normalized spacial score (nSPS) is 12.3. The zero-order chi connectivity index (χ0) is 22.5. The molecule has 30 heavy (non-hydrogen) atoms. The standard InChI is InChI=1S/C21H26Cl2N2O4S/c1-5-19(25(30(4,27)28)16-8-9-17(22)18(23)13-16)21(26)24-10-11-29-20-12-14(2)6-7-15(20)3/h6-9,12-13,19H,5,10-11H2,1-4H3,(H,24,26). The van der Waals surface area contributed by atoms with Crippen LogP contribution in [0.5, 0.6) is 5.75 Å². The van der Waals surface area contributed by atoms with E-state index in [-0.39, 0.29) is 30.3 Å². The van der Waals surface area contributed by atoms with E-state index in [0.29, 0.717) is 5.02 Å². The van der Waals surface area contributed by atoms with Crippen molar-refractivity contribution in [3.8, 4) is 5.75 Å². The van der Waals surface area contributed by atoms with Crippen molar-refractivity contribution in [3.05, 3.63) is 57.6 Å². The smallest absolute Gasteiger partial charge is 0.244 e. The van der Waals surface area contributed by atoms with Gasteiger partial charge in [0.2, 0.25) is 15.9 Å². The van der Waals surface area contributed by atoms with Crippen LogP contribution in [0, 0.1) is 13.8 Å². The molecule has 6 nitrogen and oxygen atoms in total. The van der Waals surface area contributed by atoms with E-state index in [4.69, 9.17) is 27.9 Å². The van der Waals surface area contributed by atoms with Crippen molar-refractivity contribution in [2.24, 2.45) is 0 Å². The summed E-state index contributed by atoms with van der Waals surface area (Å²) in [7, 11) is -3.75. The summed E-state index contributed by atoms with van der Waals surface area (Å²) in [5, 5.41) is 3.27. The van der Waals surface area contributed by atoms with Gasteiger partial charge in [0.05, 0.1) is 28.5 Å². The van der Waals surface area contributed by atoms with Crippen LogP contribution in [-0.2, 0) is 14.8 Å². The van der Waals surface area contributed by atoms with Crippen molar-refractivity contribution in [2.75, 3.05) is 23.7 Å². The van der Waals surface area contributed by atoms with Crippen LogP contribution in [0.1, 0.15) is 24.5 Å². The molecule has 0 fully saturated rings. The van der Waals surface area contributed by atoms with Crippen LogP contribution in [0.3, 0.4) is 0 Å². The Kier molecular flexibility index (Phi) is 8.41. The molecule has 2 rings (SSSR count). The molecular weight excluding hydrogens is 447 g/mol. The van der Waals surface area contributed by atoms with Crippen molar-refractivity contribution in [3.63, 3.8) is 0 Å². The van der Waals surface area contributed by atoms with E-state index < -0.39 is 22.0 Å². The Hall–Kier alpha value is -1.96. The minimum Gasteiger partial charge on any atom is -0.491 e. The largest absolute Gasteiger partial charge is 0.491 e. The quantitative estimate of drug-likeness (QED) is 0.550. The van der Waals surface area contributed by atoms with Gasteiger partial charge in [0.1, 0.15) is 18.4 Å². The van der Waals surface area contributed by atoms with E-state index in [1.165, 1.54) is 18.2 Å². The van der Waals surface area contributed by atoms with Gasteiger partial charge in [-0.2, -0.15) is 0 Å². The fourth-order valence-corrected chi connectivity index (χ4v) is 4.49. The molecule has 0 aliphatic carbocycles. The van der Waals surface area contributed by atoms with Crippen LogP contribution in [0.25, 0.3) is 0 Å². The highest BCUT2D eigenvalue weighted by atomic mass is 35.5. The molecule has 0 radical (unpaired) electrons. The van der Waals surface area contributed by atoms with Gasteiger partial charge >= 0.3 is 0 Å². The summed E-state index contributed by atoms with van der Waals surface area (Å²) < 4.78 is 31.7. The van der Waals surface area contributed by atoms with Crippen LogP contribution in [0.15, 0.2) is 36.4 Å². The Bertz CT molecular complexity index is 1010. The molecule has 0 aliphatic heterocycles. The van der Waals surface area contributed by atoms with Gasteiger partial charge in [0.25, 0.3) is 0 Å². The monoisotopic (exact) mass is 472 g/mol. The average Bonchev–Trinajstić information content (AvgIpc) is 2.67. The molecule has 0 bridgehead atoms. The number of anilines is 1. The van der Waals surface area contributed by atoms with Crippen LogP contribution < -0.4 is 14.4 Å². The van der Waals surface area contributed by atoms with E-state index in [9.17, 15) is 13.2 Å². The maximum atomic E-state index is 12.8. The molecule has 0 saturated carbocycles. The first-order chi connectivity index (χ1) is 14.0. The molecule has 0 spiro atoms. The number of hydrogen-bond acceptors (Lipinski definition) is 4. The van der Waals surface area contributed by atoms with Crippen molar-refractivity contribution in [1.29, 1.82) is 0 Å². The van der Waals surface area contributed by atoms with Crippen LogP contribution >= 0.6 is 23.2 Å². The second-order valence-corrected chi connectivity index (χ2v) is 9.66. The van der Waals surface area contributed by atoms with Gasteiger partial charge in [-0.05, 0) is 55.7 Å². The molecule has 164 valence electrons. The predicted molar refractivity (Wildman–Crippen MR) is 122 cm³/mol. The molecular formula is C21H26Cl2N2O4S. The summed E-state index contributed by atoms with van der Waals surface area (Å²) in [6.07, 6.45) is 1.33. The van der Waals surface area contributed by atoms with Gasteiger partial charge in [-0.3, -0.25) is 9.10 Å². The van der Waals surface area contributed by atoms with E-state index in [1.807, 2.05) is 32.0 Å². The minimum atomic E-state index is -3.75. The lowest BCUT2D eigenvalue weighted by atomic mass is 10.1. The van der Waals surface area contributed by atoms with Crippen molar-refractivity contribution >= 4 is 44.8 Å². The highest BCUT2D eigenvalue weighted by Crippen LogP contribution is 2.30. The number of carbonyl (C=O) groups excluding carboxylic acids is 1. The van der Waals surface area contributed by atoms with Crippen molar-refractivity contribution in [1.82, 2.24) is 5.32 Å². The Morgan fingerprint density at radius 1 is 1.13 bits per heavy atom. The minimum absolute atomic E-state index is 0.208. The molecule has 0 aliphatic rings. The third-order valence-corrected chi connectivity index (χ3v) is 6.41. The molecule has 1 N–H and O–H groups in total. The first kappa shape index (κ1) is 24.3.